The average molecular weight is 139 g/mol. The van der Waals surface area contributed by atoms with Crippen molar-refractivity contribution in [1.82, 2.24) is 4.90 Å². The Kier molecular flexibility index (Phi) is 2.10. The van der Waals surface area contributed by atoms with Crippen LogP contribution in [0.25, 0.3) is 0 Å². The fraction of sp³-hybridized carbons (Fsp3) is 0.286. The van der Waals surface area contributed by atoms with Gasteiger partial charge in [0.25, 0.3) is 0 Å². The van der Waals surface area contributed by atoms with Crippen molar-refractivity contribution in [2.24, 2.45) is 0 Å². The van der Waals surface area contributed by atoms with E-state index < -0.39 is 0 Å². The summed E-state index contributed by atoms with van der Waals surface area (Å²) in [7, 11) is 1.72. The number of nitrogens with zero attached hydrogens (tertiary/aromatic N) is 1. The Morgan fingerprint density at radius 1 is 1.80 bits per heavy atom. The molecule has 1 rings (SSSR count). The van der Waals surface area contributed by atoms with E-state index in [-0.39, 0.29) is 0 Å². The van der Waals surface area contributed by atoms with Crippen molar-refractivity contribution in [2.75, 3.05) is 7.05 Å². The maximum Gasteiger partial charge on any atom is 0.209 e. The first kappa shape index (κ1) is 6.86. The molecule has 0 atom stereocenters. The Morgan fingerprint density at radius 3 is 3.10 bits per heavy atom. The normalized spacial score (nSPS) is 9.30. The molecule has 0 radical (unpaired) electrons. The van der Waals surface area contributed by atoms with Gasteiger partial charge in [-0.15, -0.1) is 0 Å². The molecule has 10 heavy (non-hydrogen) atoms. The molecule has 0 unspecified atom stereocenters. The molecule has 0 aliphatic heterocycles. The van der Waals surface area contributed by atoms with E-state index in [9.17, 15) is 4.79 Å². The quantitative estimate of drug-likeness (QED) is 0.582. The summed E-state index contributed by atoms with van der Waals surface area (Å²) in [5.74, 6) is 0. The molecule has 1 amide bonds. The van der Waals surface area contributed by atoms with Crippen LogP contribution in [-0.4, -0.2) is 18.4 Å². The second-order valence-electron chi connectivity index (χ2n) is 2.15. The molecule has 54 valence electrons. The third kappa shape index (κ3) is 1.62. The van der Waals surface area contributed by atoms with Gasteiger partial charge in [-0.1, -0.05) is 0 Å². The molecule has 0 aliphatic carbocycles. The van der Waals surface area contributed by atoms with E-state index in [0.717, 1.165) is 12.0 Å². The number of furan rings is 1. The van der Waals surface area contributed by atoms with E-state index in [0.29, 0.717) is 6.54 Å². The van der Waals surface area contributed by atoms with Gasteiger partial charge in [0.1, 0.15) is 0 Å². The molecule has 3 nitrogen and oxygen atoms in total. The number of hydrogen-bond donors (Lipinski definition) is 0. The molecule has 0 bridgehead atoms. The number of rotatable bonds is 3. The summed E-state index contributed by atoms with van der Waals surface area (Å²) in [6.07, 6.45) is 4.00. The first-order valence-corrected chi connectivity index (χ1v) is 2.99. The van der Waals surface area contributed by atoms with Crippen molar-refractivity contribution in [3.63, 3.8) is 0 Å². The smallest absolute Gasteiger partial charge is 0.209 e. The van der Waals surface area contributed by atoms with Crippen molar-refractivity contribution in [3.8, 4) is 0 Å². The highest BCUT2D eigenvalue weighted by molar-refractivity contribution is 5.46. The molecule has 0 fully saturated rings. The van der Waals surface area contributed by atoms with Gasteiger partial charge in [-0.3, -0.25) is 4.79 Å². The SMILES string of the molecule is CN(C=O)Cc1ccoc1. The van der Waals surface area contributed by atoms with Crippen LogP contribution < -0.4 is 0 Å². The Balaban J connectivity index is 2.47. The molecular weight excluding hydrogens is 130 g/mol. The van der Waals surface area contributed by atoms with Gasteiger partial charge in [0, 0.05) is 19.2 Å². The molecule has 0 aliphatic rings. The fourth-order valence-electron chi connectivity index (χ4n) is 0.708. The van der Waals surface area contributed by atoms with E-state index >= 15 is 0 Å². The van der Waals surface area contributed by atoms with E-state index in [4.69, 9.17) is 4.42 Å². The van der Waals surface area contributed by atoms with Gasteiger partial charge in [0.05, 0.1) is 12.5 Å². The van der Waals surface area contributed by atoms with E-state index in [1.54, 1.807) is 24.5 Å². The Labute approximate surface area is 59.2 Å². The highest BCUT2D eigenvalue weighted by atomic mass is 16.3. The van der Waals surface area contributed by atoms with Gasteiger partial charge in [0.15, 0.2) is 0 Å². The highest BCUT2D eigenvalue weighted by Crippen LogP contribution is 2.01. The molecule has 0 spiro atoms. The molecular formula is C7H9NO2. The fourth-order valence-corrected chi connectivity index (χ4v) is 0.708. The Hall–Kier alpha value is -1.25. The van der Waals surface area contributed by atoms with Gasteiger partial charge in [0.2, 0.25) is 6.41 Å². The number of amides is 1. The second-order valence-corrected chi connectivity index (χ2v) is 2.15. The van der Waals surface area contributed by atoms with E-state index in [1.807, 2.05) is 6.07 Å². The summed E-state index contributed by atoms with van der Waals surface area (Å²) in [4.78, 5) is 11.7. The van der Waals surface area contributed by atoms with Crippen molar-refractivity contribution in [3.05, 3.63) is 24.2 Å². The van der Waals surface area contributed by atoms with Crippen LogP contribution in [0.5, 0.6) is 0 Å². The molecule has 0 N–H and O–H groups in total. The first-order valence-electron chi connectivity index (χ1n) is 2.99. The van der Waals surface area contributed by atoms with Gasteiger partial charge in [-0.25, -0.2) is 0 Å². The van der Waals surface area contributed by atoms with Gasteiger partial charge in [-0.2, -0.15) is 0 Å². The minimum Gasteiger partial charge on any atom is -0.472 e. The molecule has 1 heterocycles. The largest absolute Gasteiger partial charge is 0.472 e. The van der Waals surface area contributed by atoms with Crippen molar-refractivity contribution < 1.29 is 9.21 Å². The minimum absolute atomic E-state index is 0.611. The zero-order valence-corrected chi connectivity index (χ0v) is 5.78. The van der Waals surface area contributed by atoms with E-state index in [2.05, 4.69) is 0 Å². The molecule has 0 saturated carbocycles. The predicted octanol–water partition coefficient (Wildman–Crippen LogP) is 0.868. The summed E-state index contributed by atoms with van der Waals surface area (Å²) >= 11 is 0. The van der Waals surface area contributed by atoms with E-state index in [1.165, 1.54) is 0 Å². The molecule has 1 aromatic heterocycles. The van der Waals surface area contributed by atoms with Crippen LogP contribution in [0.2, 0.25) is 0 Å². The Bertz CT molecular complexity index is 193. The Morgan fingerprint density at radius 2 is 2.60 bits per heavy atom. The molecule has 0 saturated heterocycles. The third-order valence-corrected chi connectivity index (χ3v) is 1.19. The second kappa shape index (κ2) is 3.06. The summed E-state index contributed by atoms with van der Waals surface area (Å²) in [6, 6.07) is 1.83. The molecule has 1 aromatic rings. The van der Waals surface area contributed by atoms with Crippen LogP contribution in [0.1, 0.15) is 5.56 Å². The van der Waals surface area contributed by atoms with Crippen LogP contribution in [-0.2, 0) is 11.3 Å². The van der Waals surface area contributed by atoms with Crippen LogP contribution in [0.4, 0.5) is 0 Å². The summed E-state index contributed by atoms with van der Waals surface area (Å²) in [5, 5.41) is 0. The molecule has 3 heteroatoms. The summed E-state index contributed by atoms with van der Waals surface area (Å²) in [5.41, 5.74) is 1.01. The van der Waals surface area contributed by atoms with Crippen molar-refractivity contribution in [1.29, 1.82) is 0 Å². The lowest BCUT2D eigenvalue weighted by Crippen LogP contribution is -2.14. The van der Waals surface area contributed by atoms with Crippen LogP contribution in [0.15, 0.2) is 23.0 Å². The lowest BCUT2D eigenvalue weighted by Gasteiger charge is -2.06. The standard InChI is InChI=1S/C7H9NO2/c1-8(6-9)4-7-2-3-10-5-7/h2-3,5-6H,4H2,1H3. The lowest BCUT2D eigenvalue weighted by atomic mass is 10.3. The van der Waals surface area contributed by atoms with Gasteiger partial charge < -0.3 is 9.32 Å². The van der Waals surface area contributed by atoms with Crippen LogP contribution >= 0.6 is 0 Å². The summed E-state index contributed by atoms with van der Waals surface area (Å²) in [6.45, 7) is 0.611. The lowest BCUT2D eigenvalue weighted by molar-refractivity contribution is -0.117. The van der Waals surface area contributed by atoms with Crippen molar-refractivity contribution >= 4 is 6.41 Å². The first-order chi connectivity index (χ1) is 4.83. The third-order valence-electron chi connectivity index (χ3n) is 1.19. The topological polar surface area (TPSA) is 33.5 Å². The number of carbonyl (C=O) groups is 1. The maximum atomic E-state index is 10.1. The number of hydrogen-bond acceptors (Lipinski definition) is 2. The van der Waals surface area contributed by atoms with Gasteiger partial charge >= 0.3 is 0 Å². The zero-order chi connectivity index (χ0) is 7.40. The predicted molar refractivity (Wildman–Crippen MR) is 36.2 cm³/mol. The maximum absolute atomic E-state index is 10.1. The van der Waals surface area contributed by atoms with Crippen molar-refractivity contribution in [2.45, 2.75) is 6.54 Å². The van der Waals surface area contributed by atoms with Crippen LogP contribution in [0, 0.1) is 0 Å². The monoisotopic (exact) mass is 139 g/mol. The number of carbonyl (C=O) groups excluding carboxylic acids is 1. The summed E-state index contributed by atoms with van der Waals surface area (Å²) < 4.78 is 4.82. The van der Waals surface area contributed by atoms with Crippen LogP contribution in [0.3, 0.4) is 0 Å². The molecule has 0 aromatic carbocycles. The average Bonchev–Trinajstić information content (AvgIpc) is 2.40. The zero-order valence-electron chi connectivity index (χ0n) is 5.78. The highest BCUT2D eigenvalue weighted by Gasteiger charge is 1.96. The minimum atomic E-state index is 0.611. The van der Waals surface area contributed by atoms with Gasteiger partial charge in [-0.05, 0) is 6.07 Å².